The number of nitrogens with zero attached hydrogens (tertiary/aromatic N) is 2. The van der Waals surface area contributed by atoms with Gasteiger partial charge in [0.25, 0.3) is 11.8 Å². The molecule has 3 aromatic rings. The molecule has 8 heteroatoms. The maximum atomic E-state index is 12.9. The smallest absolute Gasteiger partial charge is 0.276 e. The third-order valence-electron chi connectivity index (χ3n) is 6.43. The van der Waals surface area contributed by atoms with E-state index < -0.39 is 11.8 Å². The molecule has 40 heavy (non-hydrogen) atoms. The molecule has 0 fully saturated rings. The molecule has 2 aromatic carbocycles. The Labute approximate surface area is 237 Å². The molecule has 0 aliphatic heterocycles. The summed E-state index contributed by atoms with van der Waals surface area (Å²) in [7, 11) is 0. The van der Waals surface area contributed by atoms with E-state index in [1.54, 1.807) is 38.1 Å². The number of amides is 2. The molecule has 0 aliphatic carbocycles. The van der Waals surface area contributed by atoms with Gasteiger partial charge in [-0.2, -0.15) is 0 Å². The standard InChI is InChI=1S/C32H42N4O4/c1-5-7-9-11-21-39-27-17-13-25(14-18-27)35-31(37)29-23(3)34-30(24(4)33-29)32(38)36-26-15-19-28(20-16-26)40-22-12-10-8-6-2/h13-20H,5-12,21-22H2,1-4H3,(H,35,37)(H,36,38). The van der Waals surface area contributed by atoms with E-state index in [0.717, 1.165) is 37.2 Å². The number of carbonyl (C=O) groups is 2. The van der Waals surface area contributed by atoms with Crippen LogP contribution in [-0.4, -0.2) is 35.0 Å². The second kappa shape index (κ2) is 16.2. The van der Waals surface area contributed by atoms with E-state index in [-0.39, 0.29) is 11.4 Å². The van der Waals surface area contributed by atoms with Crippen molar-refractivity contribution in [3.05, 3.63) is 71.3 Å². The summed E-state index contributed by atoms with van der Waals surface area (Å²) in [6.07, 6.45) is 9.18. The first-order valence-corrected chi connectivity index (χ1v) is 14.3. The average molecular weight is 547 g/mol. The zero-order valence-corrected chi connectivity index (χ0v) is 24.2. The van der Waals surface area contributed by atoms with Crippen molar-refractivity contribution in [2.24, 2.45) is 0 Å². The van der Waals surface area contributed by atoms with Crippen molar-refractivity contribution in [3.63, 3.8) is 0 Å². The second-order valence-electron chi connectivity index (χ2n) is 9.87. The third kappa shape index (κ3) is 9.67. The number of carbonyl (C=O) groups excluding carboxylic acids is 2. The van der Waals surface area contributed by atoms with Crippen molar-refractivity contribution in [2.75, 3.05) is 23.8 Å². The van der Waals surface area contributed by atoms with Gasteiger partial charge in [-0.1, -0.05) is 52.4 Å². The summed E-state index contributed by atoms with van der Waals surface area (Å²) >= 11 is 0. The summed E-state index contributed by atoms with van der Waals surface area (Å²) in [5.41, 5.74) is 2.32. The molecule has 0 aliphatic rings. The quantitative estimate of drug-likeness (QED) is 0.180. The van der Waals surface area contributed by atoms with Crippen LogP contribution in [0.4, 0.5) is 11.4 Å². The van der Waals surface area contributed by atoms with Crippen LogP contribution in [0.3, 0.4) is 0 Å². The van der Waals surface area contributed by atoms with Gasteiger partial charge >= 0.3 is 0 Å². The van der Waals surface area contributed by atoms with Crippen molar-refractivity contribution < 1.29 is 19.1 Å². The van der Waals surface area contributed by atoms with E-state index in [1.807, 2.05) is 24.3 Å². The van der Waals surface area contributed by atoms with Crippen LogP contribution in [0, 0.1) is 13.8 Å². The predicted molar refractivity (Wildman–Crippen MR) is 160 cm³/mol. The van der Waals surface area contributed by atoms with E-state index in [2.05, 4.69) is 34.4 Å². The molecule has 2 amide bonds. The minimum absolute atomic E-state index is 0.172. The topological polar surface area (TPSA) is 102 Å². The van der Waals surface area contributed by atoms with Gasteiger partial charge in [-0.25, -0.2) is 9.97 Å². The van der Waals surface area contributed by atoms with Gasteiger partial charge < -0.3 is 20.1 Å². The Morgan fingerprint density at radius 3 is 1.32 bits per heavy atom. The average Bonchev–Trinajstić information content (AvgIpc) is 2.95. The van der Waals surface area contributed by atoms with E-state index in [0.29, 0.717) is 36.0 Å². The molecule has 8 nitrogen and oxygen atoms in total. The summed E-state index contributed by atoms with van der Waals surface area (Å²) in [5, 5.41) is 5.69. The number of benzene rings is 2. The highest BCUT2D eigenvalue weighted by Crippen LogP contribution is 2.20. The van der Waals surface area contributed by atoms with Crippen LogP contribution < -0.4 is 20.1 Å². The molecule has 214 valence electrons. The highest BCUT2D eigenvalue weighted by Gasteiger charge is 2.19. The number of aromatic nitrogens is 2. The van der Waals surface area contributed by atoms with Gasteiger partial charge in [0.15, 0.2) is 0 Å². The Morgan fingerprint density at radius 1 is 0.600 bits per heavy atom. The van der Waals surface area contributed by atoms with Crippen LogP contribution in [0.1, 0.15) is 97.6 Å². The third-order valence-corrected chi connectivity index (χ3v) is 6.43. The number of rotatable bonds is 16. The summed E-state index contributed by atoms with van der Waals surface area (Å²) in [6.45, 7) is 9.06. The molecule has 1 heterocycles. The molecule has 0 bridgehead atoms. The van der Waals surface area contributed by atoms with E-state index in [1.165, 1.54) is 25.7 Å². The van der Waals surface area contributed by atoms with Crippen molar-refractivity contribution in [1.82, 2.24) is 9.97 Å². The lowest BCUT2D eigenvalue weighted by Crippen LogP contribution is -2.21. The van der Waals surface area contributed by atoms with Crippen LogP contribution in [0.5, 0.6) is 11.5 Å². The SMILES string of the molecule is CCCCCCOc1ccc(NC(=O)c2nc(C)c(C(=O)Nc3ccc(OCCCCCC)cc3)nc2C)cc1. The lowest BCUT2D eigenvalue weighted by atomic mass is 10.2. The lowest BCUT2D eigenvalue weighted by Gasteiger charge is -2.12. The normalized spacial score (nSPS) is 10.7. The number of anilines is 2. The molecule has 0 atom stereocenters. The summed E-state index contributed by atoms with van der Waals surface area (Å²) in [6, 6.07) is 14.5. The number of aryl methyl sites for hydroxylation is 2. The van der Waals surface area contributed by atoms with Gasteiger partial charge in [-0.3, -0.25) is 9.59 Å². The first-order chi connectivity index (χ1) is 19.4. The van der Waals surface area contributed by atoms with Crippen molar-refractivity contribution in [1.29, 1.82) is 0 Å². The first-order valence-electron chi connectivity index (χ1n) is 14.3. The van der Waals surface area contributed by atoms with Crippen LogP contribution in [0.15, 0.2) is 48.5 Å². The Bertz CT molecular complexity index is 1130. The fraction of sp³-hybridized carbons (Fsp3) is 0.438. The Morgan fingerprint density at radius 2 is 0.975 bits per heavy atom. The number of unbranched alkanes of at least 4 members (excludes halogenated alkanes) is 6. The second-order valence-corrected chi connectivity index (χ2v) is 9.87. The van der Waals surface area contributed by atoms with Crippen LogP contribution >= 0.6 is 0 Å². The number of nitrogens with one attached hydrogen (secondary N) is 2. The predicted octanol–water partition coefficient (Wildman–Crippen LogP) is 7.52. The highest BCUT2D eigenvalue weighted by atomic mass is 16.5. The number of hydrogen-bond acceptors (Lipinski definition) is 6. The van der Waals surface area contributed by atoms with Gasteiger partial charge in [0.1, 0.15) is 22.9 Å². The zero-order valence-electron chi connectivity index (χ0n) is 24.2. The van der Waals surface area contributed by atoms with Gasteiger partial charge in [-0.05, 0) is 75.2 Å². The molecule has 0 unspecified atom stereocenters. The summed E-state index contributed by atoms with van der Waals surface area (Å²) < 4.78 is 11.5. The van der Waals surface area contributed by atoms with Gasteiger partial charge in [-0.15, -0.1) is 0 Å². The Kier molecular flexibility index (Phi) is 12.4. The molecule has 1 aromatic heterocycles. The minimum atomic E-state index is -0.390. The number of hydrogen-bond donors (Lipinski definition) is 2. The fourth-order valence-corrected chi connectivity index (χ4v) is 4.12. The summed E-state index contributed by atoms with van der Waals surface area (Å²) in [4.78, 5) is 34.6. The van der Waals surface area contributed by atoms with Gasteiger partial charge in [0.05, 0.1) is 24.6 Å². The van der Waals surface area contributed by atoms with E-state index >= 15 is 0 Å². The molecular formula is C32H42N4O4. The van der Waals surface area contributed by atoms with Crippen molar-refractivity contribution in [2.45, 2.75) is 79.1 Å². The molecule has 2 N–H and O–H groups in total. The molecule has 0 saturated carbocycles. The largest absolute Gasteiger partial charge is 0.494 e. The van der Waals surface area contributed by atoms with E-state index in [9.17, 15) is 9.59 Å². The molecule has 0 spiro atoms. The van der Waals surface area contributed by atoms with Gasteiger partial charge in [0.2, 0.25) is 0 Å². The Balaban J connectivity index is 1.54. The lowest BCUT2D eigenvalue weighted by molar-refractivity contribution is 0.100. The molecule has 0 radical (unpaired) electrons. The molecule has 3 rings (SSSR count). The van der Waals surface area contributed by atoms with Crippen LogP contribution in [-0.2, 0) is 0 Å². The van der Waals surface area contributed by atoms with Gasteiger partial charge in [0, 0.05) is 11.4 Å². The maximum Gasteiger partial charge on any atom is 0.276 e. The van der Waals surface area contributed by atoms with E-state index in [4.69, 9.17) is 9.47 Å². The van der Waals surface area contributed by atoms with Crippen molar-refractivity contribution in [3.8, 4) is 11.5 Å². The maximum absolute atomic E-state index is 12.9. The van der Waals surface area contributed by atoms with Crippen LogP contribution in [0.25, 0.3) is 0 Å². The fourth-order valence-electron chi connectivity index (χ4n) is 4.12. The highest BCUT2D eigenvalue weighted by molar-refractivity contribution is 6.06. The van der Waals surface area contributed by atoms with Crippen molar-refractivity contribution >= 4 is 23.2 Å². The molecular weight excluding hydrogens is 504 g/mol. The minimum Gasteiger partial charge on any atom is -0.494 e. The molecule has 0 saturated heterocycles. The number of ether oxygens (including phenoxy) is 2. The van der Waals surface area contributed by atoms with Crippen LogP contribution in [0.2, 0.25) is 0 Å². The summed E-state index contributed by atoms with van der Waals surface area (Å²) in [5.74, 6) is 0.750. The first kappa shape index (κ1) is 30.6. The zero-order chi connectivity index (χ0) is 28.7. The Hall–Kier alpha value is -3.94. The monoisotopic (exact) mass is 546 g/mol.